The number of hydrogen-bond acceptors (Lipinski definition) is 6. The average molecular weight is 472 g/mol. The molecular formula is C25H26ClNO6. The maximum absolute atomic E-state index is 12.7. The number of ether oxygens (including phenoxy) is 1. The number of hydrogen-bond donors (Lipinski definition) is 2. The summed E-state index contributed by atoms with van der Waals surface area (Å²) in [5.41, 5.74) is 0.149. The number of para-hydroxylation sites is 1. The number of aliphatic carboxylic acids is 1. The summed E-state index contributed by atoms with van der Waals surface area (Å²) in [7, 11) is 0. The van der Waals surface area contributed by atoms with E-state index < -0.39 is 11.6 Å². The Balaban J connectivity index is 1.74. The second-order valence-electron chi connectivity index (χ2n) is 8.49. The molecule has 0 atom stereocenters. The van der Waals surface area contributed by atoms with Crippen LogP contribution in [0.1, 0.15) is 61.8 Å². The van der Waals surface area contributed by atoms with Crippen LogP contribution in [0.4, 0.5) is 0 Å². The first-order valence-corrected chi connectivity index (χ1v) is 10.9. The smallest absolute Gasteiger partial charge is 0.347 e. The first-order chi connectivity index (χ1) is 15.5. The molecule has 0 spiro atoms. The lowest BCUT2D eigenvalue weighted by atomic mass is 10.0. The molecule has 0 saturated heterocycles. The van der Waals surface area contributed by atoms with E-state index in [0.717, 1.165) is 0 Å². The molecule has 7 nitrogen and oxygen atoms in total. The van der Waals surface area contributed by atoms with Gasteiger partial charge in [-0.1, -0.05) is 31.5 Å². The Bertz CT molecular complexity index is 1160. The molecular weight excluding hydrogens is 446 g/mol. The molecule has 1 heterocycles. The third kappa shape index (κ3) is 5.54. The largest absolute Gasteiger partial charge is 0.506 e. The van der Waals surface area contributed by atoms with Crippen molar-refractivity contribution in [2.45, 2.75) is 52.1 Å². The van der Waals surface area contributed by atoms with Gasteiger partial charge in [0.15, 0.2) is 11.4 Å². The Hall–Kier alpha value is -3.32. The van der Waals surface area contributed by atoms with Gasteiger partial charge in [-0.05, 0) is 50.2 Å². The van der Waals surface area contributed by atoms with Crippen LogP contribution in [0.25, 0.3) is 11.5 Å². The van der Waals surface area contributed by atoms with Gasteiger partial charge in [0.2, 0.25) is 5.89 Å². The van der Waals surface area contributed by atoms with Crippen molar-refractivity contribution >= 4 is 23.4 Å². The molecule has 0 fully saturated rings. The fourth-order valence-electron chi connectivity index (χ4n) is 3.22. The third-order valence-electron chi connectivity index (χ3n) is 5.12. The summed E-state index contributed by atoms with van der Waals surface area (Å²) in [6.45, 7) is 6.83. The van der Waals surface area contributed by atoms with E-state index in [-0.39, 0.29) is 34.8 Å². The second kappa shape index (κ2) is 9.67. The minimum atomic E-state index is -1.37. The molecule has 2 N–H and O–H groups in total. The lowest BCUT2D eigenvalue weighted by molar-refractivity contribution is -0.152. The molecule has 33 heavy (non-hydrogen) atoms. The first-order valence-electron chi connectivity index (χ1n) is 10.5. The van der Waals surface area contributed by atoms with Crippen molar-refractivity contribution < 1.29 is 29.0 Å². The molecule has 2 aromatic carbocycles. The summed E-state index contributed by atoms with van der Waals surface area (Å²) >= 11 is 6.00. The first kappa shape index (κ1) is 24.3. The Morgan fingerprint density at radius 2 is 1.82 bits per heavy atom. The molecule has 0 aliphatic carbocycles. The second-order valence-corrected chi connectivity index (χ2v) is 8.89. The van der Waals surface area contributed by atoms with Gasteiger partial charge in [-0.15, -0.1) is 0 Å². The van der Waals surface area contributed by atoms with Crippen LogP contribution in [0.15, 0.2) is 46.9 Å². The fraction of sp³-hybridized carbons (Fsp3) is 0.320. The van der Waals surface area contributed by atoms with Gasteiger partial charge >= 0.3 is 5.97 Å². The zero-order chi connectivity index (χ0) is 24.3. The van der Waals surface area contributed by atoms with Gasteiger partial charge in [-0.25, -0.2) is 9.78 Å². The number of aromatic hydroxyl groups is 1. The number of Topliss-reactive ketones (excluding diaryl/α,β-unsaturated/α-hetero) is 1. The number of nitrogens with zero attached hydrogens (tertiary/aromatic N) is 1. The molecule has 0 aliphatic rings. The van der Waals surface area contributed by atoms with E-state index in [1.807, 2.05) is 13.8 Å². The van der Waals surface area contributed by atoms with Crippen LogP contribution in [0.5, 0.6) is 11.5 Å². The van der Waals surface area contributed by atoms with Gasteiger partial charge < -0.3 is 19.4 Å². The molecule has 0 saturated carbocycles. The van der Waals surface area contributed by atoms with Crippen LogP contribution in [0.2, 0.25) is 5.02 Å². The Labute approximate surface area is 197 Å². The van der Waals surface area contributed by atoms with Crippen LogP contribution in [0, 0.1) is 0 Å². The monoisotopic (exact) mass is 471 g/mol. The zero-order valence-corrected chi connectivity index (χ0v) is 19.6. The number of carbonyl (C=O) groups is 2. The fourth-order valence-corrected chi connectivity index (χ4v) is 3.39. The standard InChI is InChI=1S/C25H26ClNO6/c1-14(2)22-19(27-23(32-22)17-6-5-7-18(26)21(17)29)12-13-20(28)15-8-10-16(11-9-15)33-25(3,4)24(30)31/h5-11,14,29H,12-13H2,1-4H3,(H,30,31). The van der Waals surface area contributed by atoms with Crippen molar-refractivity contribution in [3.05, 3.63) is 64.5 Å². The average Bonchev–Trinajstić information content (AvgIpc) is 3.18. The molecule has 0 bridgehead atoms. The number of carboxylic acid groups (broad SMARTS) is 1. The summed E-state index contributed by atoms with van der Waals surface area (Å²) in [5, 5.41) is 19.6. The van der Waals surface area contributed by atoms with E-state index in [9.17, 15) is 19.8 Å². The highest BCUT2D eigenvalue weighted by atomic mass is 35.5. The minimum Gasteiger partial charge on any atom is -0.506 e. The molecule has 3 aromatic rings. The number of halogens is 1. The summed E-state index contributed by atoms with van der Waals surface area (Å²) in [5.74, 6) is 0.0214. The highest BCUT2D eigenvalue weighted by Crippen LogP contribution is 2.36. The number of benzene rings is 2. The lowest BCUT2D eigenvalue weighted by Crippen LogP contribution is -2.37. The Kier molecular flexibility index (Phi) is 7.12. The van der Waals surface area contributed by atoms with E-state index in [0.29, 0.717) is 34.8 Å². The molecule has 0 amide bonds. The highest BCUT2D eigenvalue weighted by Gasteiger charge is 2.29. The van der Waals surface area contributed by atoms with Gasteiger partial charge in [0.05, 0.1) is 16.3 Å². The summed E-state index contributed by atoms with van der Waals surface area (Å²) in [6, 6.07) is 11.3. The maximum Gasteiger partial charge on any atom is 0.347 e. The number of aromatic nitrogens is 1. The van der Waals surface area contributed by atoms with Crippen molar-refractivity contribution in [1.29, 1.82) is 0 Å². The van der Waals surface area contributed by atoms with Crippen LogP contribution < -0.4 is 4.74 Å². The Morgan fingerprint density at radius 3 is 2.42 bits per heavy atom. The predicted molar refractivity (Wildman–Crippen MR) is 124 cm³/mol. The van der Waals surface area contributed by atoms with Crippen LogP contribution in [-0.4, -0.2) is 32.6 Å². The van der Waals surface area contributed by atoms with E-state index in [4.69, 9.17) is 20.8 Å². The van der Waals surface area contributed by atoms with Gasteiger partial charge in [0, 0.05) is 24.3 Å². The molecule has 0 aliphatic heterocycles. The van der Waals surface area contributed by atoms with E-state index in [1.54, 1.807) is 42.5 Å². The molecule has 174 valence electrons. The number of oxazole rings is 1. The van der Waals surface area contributed by atoms with Crippen molar-refractivity contribution in [3.8, 4) is 23.0 Å². The number of phenolic OH excluding ortho intramolecular Hbond substituents is 1. The summed E-state index contributed by atoms with van der Waals surface area (Å²) in [6.07, 6.45) is 0.565. The molecule has 0 unspecified atom stereocenters. The maximum atomic E-state index is 12.7. The van der Waals surface area contributed by atoms with E-state index >= 15 is 0 Å². The van der Waals surface area contributed by atoms with Gasteiger partial charge in [0.25, 0.3) is 0 Å². The quantitative estimate of drug-likeness (QED) is 0.375. The number of phenols is 1. The van der Waals surface area contributed by atoms with Crippen LogP contribution in [-0.2, 0) is 11.2 Å². The summed E-state index contributed by atoms with van der Waals surface area (Å²) in [4.78, 5) is 28.5. The van der Waals surface area contributed by atoms with Crippen molar-refractivity contribution in [2.24, 2.45) is 0 Å². The van der Waals surface area contributed by atoms with Crippen LogP contribution in [0.3, 0.4) is 0 Å². The topological polar surface area (TPSA) is 110 Å². The van der Waals surface area contributed by atoms with Crippen molar-refractivity contribution in [2.75, 3.05) is 0 Å². The number of carbonyl (C=O) groups excluding carboxylic acids is 1. The van der Waals surface area contributed by atoms with Gasteiger partial charge in [-0.2, -0.15) is 0 Å². The van der Waals surface area contributed by atoms with E-state index in [2.05, 4.69) is 4.98 Å². The highest BCUT2D eigenvalue weighted by molar-refractivity contribution is 6.32. The number of ketones is 1. The lowest BCUT2D eigenvalue weighted by Gasteiger charge is -2.21. The van der Waals surface area contributed by atoms with Gasteiger partial charge in [0.1, 0.15) is 17.3 Å². The molecule has 1 aromatic heterocycles. The SMILES string of the molecule is CC(C)c1oc(-c2cccc(Cl)c2O)nc1CCC(=O)c1ccc(OC(C)(C)C(=O)O)cc1. The zero-order valence-electron chi connectivity index (χ0n) is 18.9. The third-order valence-corrected chi connectivity index (χ3v) is 5.43. The predicted octanol–water partition coefficient (Wildman–Crippen LogP) is 5.88. The molecule has 0 radical (unpaired) electrons. The number of carboxylic acids is 1. The summed E-state index contributed by atoms with van der Waals surface area (Å²) < 4.78 is 11.4. The minimum absolute atomic E-state index is 0.0340. The molecule has 3 rings (SSSR count). The van der Waals surface area contributed by atoms with Crippen molar-refractivity contribution in [3.63, 3.8) is 0 Å². The Morgan fingerprint density at radius 1 is 1.15 bits per heavy atom. The van der Waals surface area contributed by atoms with Gasteiger partial charge in [-0.3, -0.25) is 4.79 Å². The number of rotatable bonds is 9. The normalized spacial score (nSPS) is 11.6. The van der Waals surface area contributed by atoms with Crippen molar-refractivity contribution in [1.82, 2.24) is 4.98 Å². The number of aryl methyl sites for hydroxylation is 1. The molecule has 8 heteroatoms. The van der Waals surface area contributed by atoms with Crippen LogP contribution >= 0.6 is 11.6 Å². The van der Waals surface area contributed by atoms with E-state index in [1.165, 1.54) is 13.8 Å².